The van der Waals surface area contributed by atoms with Crippen LogP contribution in [0.2, 0.25) is 5.02 Å². The fourth-order valence-corrected chi connectivity index (χ4v) is 1.49. The molecular weight excluding hydrogens is 174 g/mol. The highest BCUT2D eigenvalue weighted by Crippen LogP contribution is 2.25. The van der Waals surface area contributed by atoms with Crippen LogP contribution in [0.3, 0.4) is 0 Å². The lowest BCUT2D eigenvalue weighted by Crippen LogP contribution is -1.78. The molecule has 1 heterocycles. The van der Waals surface area contributed by atoms with Crippen LogP contribution in [0.15, 0.2) is 22.9 Å². The van der Waals surface area contributed by atoms with E-state index < -0.39 is 0 Å². The summed E-state index contributed by atoms with van der Waals surface area (Å²) in [6, 6.07) is 3.95. The standard InChI is InChI=1S/C9H8ClNO/c1-2-6-3-7-5-11-12-9(7)8(10)4-6/h3-5H,2H2,1H3. The molecule has 0 aliphatic rings. The maximum atomic E-state index is 5.95. The lowest BCUT2D eigenvalue weighted by atomic mass is 10.1. The Kier molecular flexibility index (Phi) is 1.77. The van der Waals surface area contributed by atoms with Crippen LogP contribution in [-0.2, 0) is 6.42 Å². The summed E-state index contributed by atoms with van der Waals surface area (Å²) in [6.07, 6.45) is 2.65. The van der Waals surface area contributed by atoms with Crippen molar-refractivity contribution in [2.24, 2.45) is 0 Å². The highest BCUT2D eigenvalue weighted by molar-refractivity contribution is 6.34. The van der Waals surface area contributed by atoms with E-state index in [4.69, 9.17) is 16.1 Å². The first kappa shape index (κ1) is 7.62. The number of benzene rings is 1. The largest absolute Gasteiger partial charge is 0.355 e. The van der Waals surface area contributed by atoms with Crippen LogP contribution in [0.1, 0.15) is 12.5 Å². The Morgan fingerprint density at radius 1 is 1.50 bits per heavy atom. The Labute approximate surface area is 75.1 Å². The molecule has 2 rings (SSSR count). The topological polar surface area (TPSA) is 26.0 Å². The summed E-state index contributed by atoms with van der Waals surface area (Å²) in [7, 11) is 0. The first-order valence-corrected chi connectivity index (χ1v) is 4.22. The van der Waals surface area contributed by atoms with E-state index in [1.165, 1.54) is 5.56 Å². The molecule has 3 heteroatoms. The molecule has 2 nitrogen and oxygen atoms in total. The van der Waals surface area contributed by atoms with Crippen molar-refractivity contribution in [3.05, 3.63) is 28.9 Å². The van der Waals surface area contributed by atoms with Crippen molar-refractivity contribution in [1.82, 2.24) is 5.16 Å². The fourth-order valence-electron chi connectivity index (χ4n) is 1.21. The average molecular weight is 182 g/mol. The minimum Gasteiger partial charge on any atom is -0.355 e. The van der Waals surface area contributed by atoms with Gasteiger partial charge in [0.2, 0.25) is 0 Å². The minimum absolute atomic E-state index is 0.641. The van der Waals surface area contributed by atoms with Gasteiger partial charge < -0.3 is 4.52 Å². The van der Waals surface area contributed by atoms with Gasteiger partial charge in [0.25, 0.3) is 0 Å². The van der Waals surface area contributed by atoms with E-state index in [2.05, 4.69) is 12.1 Å². The van der Waals surface area contributed by atoms with Gasteiger partial charge in [-0.2, -0.15) is 0 Å². The maximum Gasteiger partial charge on any atom is 0.185 e. The highest BCUT2D eigenvalue weighted by atomic mass is 35.5. The Hall–Kier alpha value is -1.02. The Balaban J connectivity index is 2.75. The predicted molar refractivity (Wildman–Crippen MR) is 48.4 cm³/mol. The third-order valence-electron chi connectivity index (χ3n) is 1.88. The molecule has 0 saturated carbocycles. The summed E-state index contributed by atoms with van der Waals surface area (Å²) in [6.45, 7) is 2.09. The van der Waals surface area contributed by atoms with Crippen molar-refractivity contribution in [3.8, 4) is 0 Å². The lowest BCUT2D eigenvalue weighted by Gasteiger charge is -1.96. The van der Waals surface area contributed by atoms with Gasteiger partial charge in [0.15, 0.2) is 5.58 Å². The first-order valence-electron chi connectivity index (χ1n) is 3.84. The van der Waals surface area contributed by atoms with Gasteiger partial charge in [0, 0.05) is 5.39 Å². The quantitative estimate of drug-likeness (QED) is 0.676. The molecule has 0 spiro atoms. The Bertz CT molecular complexity index is 408. The minimum atomic E-state index is 0.641. The normalized spacial score (nSPS) is 10.8. The number of hydrogen-bond donors (Lipinski definition) is 0. The number of rotatable bonds is 1. The Morgan fingerprint density at radius 2 is 2.33 bits per heavy atom. The molecule has 0 N–H and O–H groups in total. The van der Waals surface area contributed by atoms with Crippen LogP contribution in [0.5, 0.6) is 0 Å². The summed E-state index contributed by atoms with van der Waals surface area (Å²) in [5.74, 6) is 0. The second-order valence-corrected chi connectivity index (χ2v) is 3.08. The summed E-state index contributed by atoms with van der Waals surface area (Å²) < 4.78 is 4.97. The molecule has 0 unspecified atom stereocenters. The first-order chi connectivity index (χ1) is 5.81. The van der Waals surface area contributed by atoms with Gasteiger partial charge >= 0.3 is 0 Å². The third kappa shape index (κ3) is 1.08. The number of aromatic nitrogens is 1. The van der Waals surface area contributed by atoms with Gasteiger partial charge in [-0.3, -0.25) is 0 Å². The van der Waals surface area contributed by atoms with Gasteiger partial charge in [-0.15, -0.1) is 0 Å². The van der Waals surface area contributed by atoms with Crippen molar-refractivity contribution >= 4 is 22.6 Å². The second kappa shape index (κ2) is 2.79. The van der Waals surface area contributed by atoms with E-state index in [1.807, 2.05) is 12.1 Å². The van der Waals surface area contributed by atoms with Crippen LogP contribution in [-0.4, -0.2) is 5.16 Å². The van der Waals surface area contributed by atoms with Crippen molar-refractivity contribution < 1.29 is 4.52 Å². The van der Waals surface area contributed by atoms with E-state index in [0.717, 1.165) is 11.8 Å². The van der Waals surface area contributed by atoms with Crippen LogP contribution >= 0.6 is 11.6 Å². The van der Waals surface area contributed by atoms with E-state index in [1.54, 1.807) is 6.20 Å². The van der Waals surface area contributed by atoms with Crippen molar-refractivity contribution in [3.63, 3.8) is 0 Å². The van der Waals surface area contributed by atoms with Crippen molar-refractivity contribution in [2.45, 2.75) is 13.3 Å². The predicted octanol–water partition coefficient (Wildman–Crippen LogP) is 3.04. The van der Waals surface area contributed by atoms with Gasteiger partial charge in [-0.05, 0) is 24.1 Å². The molecule has 2 aromatic rings. The van der Waals surface area contributed by atoms with E-state index in [-0.39, 0.29) is 0 Å². The Morgan fingerprint density at radius 3 is 3.08 bits per heavy atom. The molecule has 1 aromatic heterocycles. The molecule has 0 bridgehead atoms. The van der Waals surface area contributed by atoms with Crippen LogP contribution in [0.25, 0.3) is 11.0 Å². The van der Waals surface area contributed by atoms with Gasteiger partial charge in [0.1, 0.15) is 0 Å². The van der Waals surface area contributed by atoms with Gasteiger partial charge in [0.05, 0.1) is 11.2 Å². The molecule has 0 atom stereocenters. The van der Waals surface area contributed by atoms with E-state index in [9.17, 15) is 0 Å². The molecule has 1 aromatic carbocycles. The van der Waals surface area contributed by atoms with Crippen molar-refractivity contribution in [2.75, 3.05) is 0 Å². The molecule has 62 valence electrons. The van der Waals surface area contributed by atoms with Gasteiger partial charge in [-0.25, -0.2) is 0 Å². The number of hydrogen-bond acceptors (Lipinski definition) is 2. The summed E-state index contributed by atoms with van der Waals surface area (Å²) in [5.41, 5.74) is 1.88. The molecule has 0 amide bonds. The number of fused-ring (bicyclic) bond motifs is 1. The van der Waals surface area contributed by atoms with Crippen LogP contribution in [0.4, 0.5) is 0 Å². The highest BCUT2D eigenvalue weighted by Gasteiger charge is 2.04. The number of aryl methyl sites for hydroxylation is 1. The molecule has 0 aliphatic heterocycles. The molecule has 0 fully saturated rings. The van der Waals surface area contributed by atoms with Crippen molar-refractivity contribution in [1.29, 1.82) is 0 Å². The molecule has 0 aliphatic carbocycles. The van der Waals surface area contributed by atoms with Gasteiger partial charge in [-0.1, -0.05) is 23.7 Å². The second-order valence-electron chi connectivity index (χ2n) is 2.68. The smallest absolute Gasteiger partial charge is 0.185 e. The number of halogens is 1. The zero-order valence-electron chi connectivity index (χ0n) is 6.67. The SMILES string of the molecule is CCc1cc(Cl)c2oncc2c1. The van der Waals surface area contributed by atoms with Crippen LogP contribution < -0.4 is 0 Å². The average Bonchev–Trinajstić information content (AvgIpc) is 2.52. The zero-order valence-corrected chi connectivity index (χ0v) is 7.43. The molecule has 0 saturated heterocycles. The zero-order chi connectivity index (χ0) is 8.55. The third-order valence-corrected chi connectivity index (χ3v) is 2.16. The monoisotopic (exact) mass is 181 g/mol. The van der Waals surface area contributed by atoms with E-state index >= 15 is 0 Å². The maximum absolute atomic E-state index is 5.95. The number of nitrogens with zero attached hydrogens (tertiary/aromatic N) is 1. The summed E-state index contributed by atoms with van der Waals surface area (Å²) in [4.78, 5) is 0. The van der Waals surface area contributed by atoms with E-state index in [0.29, 0.717) is 10.6 Å². The molecule has 0 radical (unpaired) electrons. The molecular formula is C9H8ClNO. The lowest BCUT2D eigenvalue weighted by molar-refractivity contribution is 0.456. The van der Waals surface area contributed by atoms with Crippen LogP contribution in [0, 0.1) is 0 Å². The summed E-state index contributed by atoms with van der Waals surface area (Å²) in [5, 5.41) is 5.29. The molecule has 12 heavy (non-hydrogen) atoms. The fraction of sp³-hybridized carbons (Fsp3) is 0.222. The summed E-state index contributed by atoms with van der Waals surface area (Å²) >= 11 is 5.95.